The zero-order valence-corrected chi connectivity index (χ0v) is 12.3. The number of urea groups is 1. The molecule has 3 amide bonds. The summed E-state index contributed by atoms with van der Waals surface area (Å²) in [5.41, 5.74) is -0.622. The average molecular weight is 285 g/mol. The molecule has 0 bridgehead atoms. The first kappa shape index (κ1) is 16.3. The van der Waals surface area contributed by atoms with Gasteiger partial charge >= 0.3 is 12.0 Å². The van der Waals surface area contributed by atoms with Crippen molar-refractivity contribution in [1.29, 1.82) is 0 Å². The number of carbonyl (C=O) groups is 3. The molecule has 1 fully saturated rings. The predicted octanol–water partition coefficient (Wildman–Crippen LogP) is 0.452. The molecule has 7 heteroatoms. The molecule has 1 aliphatic rings. The van der Waals surface area contributed by atoms with E-state index in [4.69, 9.17) is 5.11 Å². The summed E-state index contributed by atoms with van der Waals surface area (Å²) in [7, 11) is 0. The quantitative estimate of drug-likeness (QED) is 0.588. The van der Waals surface area contributed by atoms with Crippen LogP contribution in [0.4, 0.5) is 4.79 Å². The lowest BCUT2D eigenvalue weighted by atomic mass is 9.87. The van der Waals surface area contributed by atoms with E-state index in [2.05, 4.69) is 16.0 Å². The molecule has 4 N–H and O–H groups in total. The van der Waals surface area contributed by atoms with Gasteiger partial charge in [-0.2, -0.15) is 0 Å². The minimum absolute atomic E-state index is 0.219. The topological polar surface area (TPSA) is 108 Å². The lowest BCUT2D eigenvalue weighted by Crippen LogP contribution is -2.55. The average Bonchev–Trinajstić information content (AvgIpc) is 3.07. The fourth-order valence-corrected chi connectivity index (χ4v) is 1.64. The molecule has 7 nitrogen and oxygen atoms in total. The summed E-state index contributed by atoms with van der Waals surface area (Å²) in [6.07, 6.45) is 1.94. The zero-order valence-electron chi connectivity index (χ0n) is 12.3. The van der Waals surface area contributed by atoms with Crippen molar-refractivity contribution in [3.8, 4) is 0 Å². The highest BCUT2D eigenvalue weighted by Gasteiger charge is 2.33. The maximum Gasteiger partial charge on any atom is 0.326 e. The van der Waals surface area contributed by atoms with Crippen LogP contribution in [0.1, 0.15) is 40.5 Å². The summed E-state index contributed by atoms with van der Waals surface area (Å²) < 4.78 is 0. The molecule has 1 aliphatic carbocycles. The zero-order chi connectivity index (χ0) is 15.5. The van der Waals surface area contributed by atoms with Gasteiger partial charge in [0.25, 0.3) is 0 Å². The number of carboxylic acid groups (broad SMARTS) is 1. The molecule has 0 aromatic heterocycles. The Bertz CT molecular complexity index is 399. The van der Waals surface area contributed by atoms with Gasteiger partial charge in [0.1, 0.15) is 12.1 Å². The number of nitrogens with one attached hydrogen (secondary N) is 3. The second-order valence-corrected chi connectivity index (χ2v) is 6.26. The smallest absolute Gasteiger partial charge is 0.326 e. The van der Waals surface area contributed by atoms with Crippen LogP contribution in [0, 0.1) is 5.41 Å². The molecular formula is C13H23N3O4. The van der Waals surface area contributed by atoms with Gasteiger partial charge in [-0.15, -0.1) is 0 Å². The molecule has 1 saturated carbocycles. The highest BCUT2D eigenvalue weighted by Crippen LogP contribution is 2.19. The van der Waals surface area contributed by atoms with Crippen LogP contribution in [0.3, 0.4) is 0 Å². The van der Waals surface area contributed by atoms with Crippen LogP contribution in [0.15, 0.2) is 0 Å². The van der Waals surface area contributed by atoms with Crippen LogP contribution in [-0.4, -0.2) is 41.1 Å². The SMILES string of the molecule is CC(NC(=O)N[C@H](C(=O)O)C(C)(C)C)C(=O)NC1CC1. The van der Waals surface area contributed by atoms with Crippen LogP contribution < -0.4 is 16.0 Å². The van der Waals surface area contributed by atoms with Crippen LogP contribution in [-0.2, 0) is 9.59 Å². The number of carbonyl (C=O) groups excluding carboxylic acids is 2. The van der Waals surface area contributed by atoms with Crippen LogP contribution in [0.2, 0.25) is 0 Å². The van der Waals surface area contributed by atoms with Crippen molar-refractivity contribution in [2.24, 2.45) is 5.41 Å². The Kier molecular flexibility index (Phi) is 4.97. The van der Waals surface area contributed by atoms with Crippen LogP contribution >= 0.6 is 0 Å². The van der Waals surface area contributed by atoms with E-state index < -0.39 is 29.5 Å². The number of hydrogen-bond acceptors (Lipinski definition) is 3. The molecule has 2 atom stereocenters. The summed E-state index contributed by atoms with van der Waals surface area (Å²) in [4.78, 5) is 34.6. The van der Waals surface area contributed by atoms with E-state index in [0.717, 1.165) is 12.8 Å². The molecule has 0 aliphatic heterocycles. The van der Waals surface area contributed by atoms with Crippen molar-refractivity contribution in [1.82, 2.24) is 16.0 Å². The minimum atomic E-state index is -1.11. The molecule has 20 heavy (non-hydrogen) atoms. The summed E-state index contributed by atoms with van der Waals surface area (Å²) in [6, 6.07) is -2.17. The fourth-order valence-electron chi connectivity index (χ4n) is 1.64. The Balaban J connectivity index is 2.48. The van der Waals surface area contributed by atoms with Crippen molar-refractivity contribution >= 4 is 17.9 Å². The van der Waals surface area contributed by atoms with Gasteiger partial charge in [-0.05, 0) is 25.2 Å². The van der Waals surface area contributed by atoms with Gasteiger partial charge in [-0.3, -0.25) is 4.79 Å². The Morgan fingerprint density at radius 3 is 2.10 bits per heavy atom. The molecule has 0 saturated heterocycles. The van der Waals surface area contributed by atoms with Crippen LogP contribution in [0.25, 0.3) is 0 Å². The van der Waals surface area contributed by atoms with Gasteiger partial charge < -0.3 is 21.1 Å². The third kappa shape index (κ3) is 5.07. The Morgan fingerprint density at radius 2 is 1.70 bits per heavy atom. The van der Waals surface area contributed by atoms with Gasteiger partial charge in [0.15, 0.2) is 0 Å². The standard InChI is InChI=1S/C13H23N3O4/c1-7(10(17)15-8-5-6-8)14-12(20)16-9(11(18)19)13(2,3)4/h7-9H,5-6H2,1-4H3,(H,15,17)(H,18,19)(H2,14,16,20)/t7?,9-/m1/s1. The van der Waals surface area contributed by atoms with E-state index in [0.29, 0.717) is 0 Å². The molecule has 0 aromatic carbocycles. The molecule has 0 spiro atoms. The summed E-state index contributed by atoms with van der Waals surface area (Å²) >= 11 is 0. The van der Waals surface area contributed by atoms with Gasteiger partial charge in [-0.25, -0.2) is 9.59 Å². The summed E-state index contributed by atoms with van der Waals surface area (Å²) in [5, 5.41) is 16.7. The second kappa shape index (κ2) is 6.11. The summed E-state index contributed by atoms with van der Waals surface area (Å²) in [6.45, 7) is 6.71. The Morgan fingerprint density at radius 1 is 1.15 bits per heavy atom. The van der Waals surface area contributed by atoms with Gasteiger partial charge in [0.2, 0.25) is 5.91 Å². The minimum Gasteiger partial charge on any atom is -0.480 e. The highest BCUT2D eigenvalue weighted by atomic mass is 16.4. The normalized spacial score (nSPS) is 17.8. The molecule has 1 rings (SSSR count). The molecular weight excluding hydrogens is 262 g/mol. The second-order valence-electron chi connectivity index (χ2n) is 6.26. The maximum absolute atomic E-state index is 11.8. The Labute approximate surface area is 118 Å². The molecule has 0 radical (unpaired) electrons. The molecule has 114 valence electrons. The first-order valence-electron chi connectivity index (χ1n) is 6.71. The number of hydrogen-bond donors (Lipinski definition) is 4. The van der Waals surface area contributed by atoms with Crippen LogP contribution in [0.5, 0.6) is 0 Å². The fraction of sp³-hybridized carbons (Fsp3) is 0.769. The third-order valence-electron chi connectivity index (χ3n) is 3.05. The summed E-state index contributed by atoms with van der Waals surface area (Å²) in [5.74, 6) is -1.37. The molecule has 1 unspecified atom stereocenters. The van der Waals surface area contributed by atoms with Crippen molar-refractivity contribution in [3.05, 3.63) is 0 Å². The van der Waals surface area contributed by atoms with E-state index in [9.17, 15) is 14.4 Å². The lowest BCUT2D eigenvalue weighted by Gasteiger charge is -2.28. The highest BCUT2D eigenvalue weighted by molar-refractivity contribution is 5.88. The largest absolute Gasteiger partial charge is 0.480 e. The molecule has 0 heterocycles. The third-order valence-corrected chi connectivity index (χ3v) is 3.05. The van der Waals surface area contributed by atoms with E-state index >= 15 is 0 Å². The number of amides is 3. The maximum atomic E-state index is 11.8. The van der Waals surface area contributed by atoms with E-state index in [1.54, 1.807) is 27.7 Å². The van der Waals surface area contributed by atoms with Gasteiger partial charge in [-0.1, -0.05) is 20.8 Å². The molecule has 0 aromatic rings. The first-order valence-corrected chi connectivity index (χ1v) is 6.71. The van der Waals surface area contributed by atoms with Crippen molar-refractivity contribution in [2.75, 3.05) is 0 Å². The van der Waals surface area contributed by atoms with Gasteiger partial charge in [0.05, 0.1) is 0 Å². The van der Waals surface area contributed by atoms with E-state index in [1.165, 1.54) is 0 Å². The van der Waals surface area contributed by atoms with Crippen molar-refractivity contribution in [2.45, 2.75) is 58.7 Å². The van der Waals surface area contributed by atoms with Gasteiger partial charge in [0, 0.05) is 6.04 Å². The van der Waals surface area contributed by atoms with Crippen molar-refractivity contribution in [3.63, 3.8) is 0 Å². The Hall–Kier alpha value is -1.79. The lowest BCUT2D eigenvalue weighted by molar-refractivity contribution is -0.141. The number of rotatable bonds is 5. The number of aliphatic carboxylic acids is 1. The first-order chi connectivity index (χ1) is 9.11. The van der Waals surface area contributed by atoms with Crippen molar-refractivity contribution < 1.29 is 19.5 Å². The monoisotopic (exact) mass is 285 g/mol. The van der Waals surface area contributed by atoms with E-state index in [1.807, 2.05) is 0 Å². The number of carboxylic acids is 1. The van der Waals surface area contributed by atoms with E-state index in [-0.39, 0.29) is 11.9 Å². The predicted molar refractivity (Wildman–Crippen MR) is 73.2 cm³/mol.